The number of pyridine rings is 1. The van der Waals surface area contributed by atoms with Crippen molar-refractivity contribution in [2.24, 2.45) is 0 Å². The normalized spacial score (nSPS) is 10.4. The van der Waals surface area contributed by atoms with Gasteiger partial charge in [-0.15, -0.1) is 5.10 Å². The van der Waals surface area contributed by atoms with Crippen LogP contribution in [0.3, 0.4) is 0 Å². The van der Waals surface area contributed by atoms with Crippen LogP contribution in [-0.2, 0) is 6.61 Å². The Labute approximate surface area is 85.0 Å². The van der Waals surface area contributed by atoms with Crippen LogP contribution in [0, 0.1) is 0 Å². The molecule has 5 nitrogen and oxygen atoms in total. The fraction of sp³-hybridized carbons (Fsp3) is 0.125. The van der Waals surface area contributed by atoms with E-state index in [1.165, 1.54) is 4.68 Å². The molecule has 1 N–H and O–H groups in total. The van der Waals surface area contributed by atoms with Crippen LogP contribution in [0.4, 0.5) is 0 Å². The van der Waals surface area contributed by atoms with Gasteiger partial charge in [-0.3, -0.25) is 0 Å². The number of nitrogens with zero attached hydrogens (tertiary/aromatic N) is 4. The number of aliphatic hydroxyl groups excluding tert-OH is 1. The Bertz CT molecular complexity index is 442. The molecule has 0 radical (unpaired) electrons. The molecule has 14 heavy (non-hydrogen) atoms. The maximum Gasteiger partial charge on any atom is 0.154 e. The van der Waals surface area contributed by atoms with Crippen molar-refractivity contribution in [2.45, 2.75) is 6.61 Å². The summed E-state index contributed by atoms with van der Waals surface area (Å²) in [6, 6.07) is 3.52. The first kappa shape index (κ1) is 9.11. The van der Waals surface area contributed by atoms with E-state index in [1.807, 2.05) is 0 Å². The van der Waals surface area contributed by atoms with Crippen molar-refractivity contribution < 1.29 is 5.11 Å². The van der Waals surface area contributed by atoms with Crippen LogP contribution in [0.2, 0.25) is 5.15 Å². The molecule has 2 aromatic rings. The molecule has 0 saturated carbocycles. The number of halogens is 1. The van der Waals surface area contributed by atoms with Gasteiger partial charge >= 0.3 is 0 Å². The van der Waals surface area contributed by atoms with Crippen molar-refractivity contribution in [3.8, 4) is 5.69 Å². The van der Waals surface area contributed by atoms with Crippen molar-refractivity contribution in [1.29, 1.82) is 0 Å². The predicted molar refractivity (Wildman–Crippen MR) is 50.1 cm³/mol. The molecule has 0 aliphatic heterocycles. The second-order valence-corrected chi connectivity index (χ2v) is 2.98. The van der Waals surface area contributed by atoms with Gasteiger partial charge in [0.05, 0.1) is 12.8 Å². The number of rotatable bonds is 2. The van der Waals surface area contributed by atoms with Crippen molar-refractivity contribution >= 4 is 11.6 Å². The molecule has 0 aromatic carbocycles. The van der Waals surface area contributed by atoms with E-state index in [0.29, 0.717) is 16.5 Å². The van der Waals surface area contributed by atoms with Gasteiger partial charge in [-0.25, -0.2) is 9.67 Å². The molecule has 0 aliphatic rings. The Morgan fingerprint density at radius 1 is 1.50 bits per heavy atom. The highest BCUT2D eigenvalue weighted by atomic mass is 35.5. The lowest BCUT2D eigenvalue weighted by molar-refractivity contribution is 0.276. The fourth-order valence-electron chi connectivity index (χ4n) is 1.04. The second-order valence-electron chi connectivity index (χ2n) is 2.63. The quantitative estimate of drug-likeness (QED) is 0.745. The van der Waals surface area contributed by atoms with Crippen LogP contribution in [0.1, 0.15) is 5.69 Å². The Balaban J connectivity index is 2.44. The Hall–Kier alpha value is -1.46. The van der Waals surface area contributed by atoms with Gasteiger partial charge in [0.1, 0.15) is 11.4 Å². The molecule has 0 atom stereocenters. The molecule has 0 unspecified atom stereocenters. The van der Waals surface area contributed by atoms with Gasteiger partial charge < -0.3 is 5.11 Å². The zero-order valence-corrected chi connectivity index (χ0v) is 7.89. The van der Waals surface area contributed by atoms with Crippen molar-refractivity contribution in [3.05, 3.63) is 35.4 Å². The zero-order valence-electron chi connectivity index (χ0n) is 7.13. The van der Waals surface area contributed by atoms with Crippen molar-refractivity contribution in [3.63, 3.8) is 0 Å². The van der Waals surface area contributed by atoms with Crippen LogP contribution in [-0.4, -0.2) is 25.1 Å². The van der Waals surface area contributed by atoms with Crippen LogP contribution >= 0.6 is 11.6 Å². The number of aliphatic hydroxyl groups is 1. The maximum absolute atomic E-state index is 8.80. The molecule has 0 spiro atoms. The molecular formula is C8H7ClN4O. The standard InChI is InChI=1S/C8H7ClN4O/c9-8-7(2-1-3-10-8)13-4-6(5-14)11-12-13/h1-4,14H,5H2. The third kappa shape index (κ3) is 1.59. The summed E-state index contributed by atoms with van der Waals surface area (Å²) < 4.78 is 1.47. The smallest absolute Gasteiger partial charge is 0.154 e. The molecule has 0 amide bonds. The fourth-order valence-corrected chi connectivity index (χ4v) is 1.24. The first-order valence-corrected chi connectivity index (χ1v) is 4.32. The van der Waals surface area contributed by atoms with E-state index in [4.69, 9.17) is 16.7 Å². The third-order valence-electron chi connectivity index (χ3n) is 1.69. The van der Waals surface area contributed by atoms with E-state index in [0.717, 1.165) is 0 Å². The lowest BCUT2D eigenvalue weighted by Crippen LogP contribution is -1.96. The molecule has 2 rings (SSSR count). The average Bonchev–Trinajstić information content (AvgIpc) is 2.67. The summed E-state index contributed by atoms with van der Waals surface area (Å²) in [6.45, 7) is -0.141. The lowest BCUT2D eigenvalue weighted by atomic mass is 10.4. The highest BCUT2D eigenvalue weighted by molar-refractivity contribution is 6.31. The lowest BCUT2D eigenvalue weighted by Gasteiger charge is -1.99. The van der Waals surface area contributed by atoms with Crippen molar-refractivity contribution in [1.82, 2.24) is 20.0 Å². The summed E-state index contributed by atoms with van der Waals surface area (Å²) in [5, 5.41) is 16.7. The molecule has 0 aliphatic carbocycles. The molecule has 2 heterocycles. The van der Waals surface area contributed by atoms with E-state index >= 15 is 0 Å². The van der Waals surface area contributed by atoms with E-state index in [1.54, 1.807) is 24.5 Å². The maximum atomic E-state index is 8.80. The second kappa shape index (κ2) is 3.73. The van der Waals surface area contributed by atoms with Crippen LogP contribution < -0.4 is 0 Å². The molecule has 0 saturated heterocycles. The third-order valence-corrected chi connectivity index (χ3v) is 1.98. The highest BCUT2D eigenvalue weighted by Gasteiger charge is 2.05. The number of hydrogen-bond donors (Lipinski definition) is 1. The zero-order chi connectivity index (χ0) is 9.97. The van der Waals surface area contributed by atoms with Gasteiger partial charge in [-0.1, -0.05) is 16.8 Å². The monoisotopic (exact) mass is 210 g/mol. The van der Waals surface area contributed by atoms with Gasteiger partial charge in [0.25, 0.3) is 0 Å². The molecule has 0 bridgehead atoms. The van der Waals surface area contributed by atoms with Crippen LogP contribution in [0.15, 0.2) is 24.5 Å². The molecule has 6 heteroatoms. The van der Waals surface area contributed by atoms with Gasteiger partial charge in [0, 0.05) is 6.20 Å². The molecule has 72 valence electrons. The van der Waals surface area contributed by atoms with Gasteiger partial charge in [0.15, 0.2) is 5.15 Å². The van der Waals surface area contributed by atoms with Gasteiger partial charge in [-0.2, -0.15) is 0 Å². The minimum Gasteiger partial charge on any atom is -0.390 e. The number of hydrogen-bond acceptors (Lipinski definition) is 4. The van der Waals surface area contributed by atoms with E-state index in [9.17, 15) is 0 Å². The summed E-state index contributed by atoms with van der Waals surface area (Å²) >= 11 is 5.85. The molecular weight excluding hydrogens is 204 g/mol. The van der Waals surface area contributed by atoms with Crippen LogP contribution in [0.5, 0.6) is 0 Å². The van der Waals surface area contributed by atoms with Crippen LogP contribution in [0.25, 0.3) is 5.69 Å². The Kier molecular flexibility index (Phi) is 2.43. The minimum absolute atomic E-state index is 0.141. The SMILES string of the molecule is OCc1cn(-c2cccnc2Cl)nn1. The summed E-state index contributed by atoms with van der Waals surface area (Å²) in [5.74, 6) is 0. The molecule has 2 aromatic heterocycles. The average molecular weight is 211 g/mol. The number of aromatic nitrogens is 4. The Morgan fingerprint density at radius 2 is 2.36 bits per heavy atom. The summed E-state index contributed by atoms with van der Waals surface area (Å²) in [5.41, 5.74) is 1.13. The predicted octanol–water partition coefficient (Wildman–Crippen LogP) is 0.808. The topological polar surface area (TPSA) is 63.8 Å². The van der Waals surface area contributed by atoms with Gasteiger partial charge in [-0.05, 0) is 12.1 Å². The van der Waals surface area contributed by atoms with Crippen molar-refractivity contribution in [2.75, 3.05) is 0 Å². The summed E-state index contributed by atoms with van der Waals surface area (Å²) in [7, 11) is 0. The minimum atomic E-state index is -0.141. The highest BCUT2D eigenvalue weighted by Crippen LogP contribution is 2.15. The van der Waals surface area contributed by atoms with E-state index < -0.39 is 0 Å². The Morgan fingerprint density at radius 3 is 3.00 bits per heavy atom. The first-order valence-electron chi connectivity index (χ1n) is 3.94. The largest absolute Gasteiger partial charge is 0.390 e. The summed E-state index contributed by atoms with van der Waals surface area (Å²) in [4.78, 5) is 3.90. The van der Waals surface area contributed by atoms with E-state index in [-0.39, 0.29) is 6.61 Å². The van der Waals surface area contributed by atoms with Gasteiger partial charge in [0.2, 0.25) is 0 Å². The first-order chi connectivity index (χ1) is 6.81. The molecule has 0 fully saturated rings. The summed E-state index contributed by atoms with van der Waals surface area (Å²) in [6.07, 6.45) is 3.19. The van der Waals surface area contributed by atoms with E-state index in [2.05, 4.69) is 15.3 Å².